The van der Waals surface area contributed by atoms with Crippen LogP contribution in [-0.4, -0.2) is 46.8 Å². The summed E-state index contributed by atoms with van der Waals surface area (Å²) in [5.74, 6) is -2.61. The van der Waals surface area contributed by atoms with Crippen molar-refractivity contribution in [1.82, 2.24) is 10.6 Å². The predicted octanol–water partition coefficient (Wildman–Crippen LogP) is 2.02. The maximum Gasteiger partial charge on any atom is 0.255 e. The van der Waals surface area contributed by atoms with E-state index in [1.165, 1.54) is 19.1 Å². The van der Waals surface area contributed by atoms with Gasteiger partial charge in [-0.15, -0.1) is 0 Å². The van der Waals surface area contributed by atoms with E-state index >= 15 is 0 Å². The van der Waals surface area contributed by atoms with Gasteiger partial charge in [0.25, 0.3) is 5.91 Å². The normalized spacial score (nSPS) is 17.8. The van der Waals surface area contributed by atoms with Gasteiger partial charge in [0.1, 0.15) is 11.5 Å². The Hall–Kier alpha value is -3.65. The van der Waals surface area contributed by atoms with E-state index in [9.17, 15) is 24.6 Å². The lowest BCUT2D eigenvalue weighted by molar-refractivity contribution is 0.0938. The van der Waals surface area contributed by atoms with Gasteiger partial charge in [-0.2, -0.15) is 0 Å². The summed E-state index contributed by atoms with van der Waals surface area (Å²) >= 11 is 0. The molecule has 0 bridgehead atoms. The van der Waals surface area contributed by atoms with Gasteiger partial charge in [0.15, 0.2) is 22.9 Å². The van der Waals surface area contributed by atoms with Gasteiger partial charge in [0.2, 0.25) is 0 Å². The van der Waals surface area contributed by atoms with E-state index < -0.39 is 29.0 Å². The van der Waals surface area contributed by atoms with Crippen LogP contribution >= 0.6 is 0 Å². The topological polar surface area (TPSA) is 129 Å². The Morgan fingerprint density at radius 1 is 1.10 bits per heavy atom. The number of aryl methyl sites for hydroxylation is 1. The summed E-state index contributed by atoms with van der Waals surface area (Å²) in [6.45, 7) is 2.93. The lowest BCUT2D eigenvalue weighted by Gasteiger charge is -2.20. The number of rotatable bonds is 2. The van der Waals surface area contributed by atoms with Crippen LogP contribution in [0.2, 0.25) is 0 Å². The Balaban J connectivity index is 1.75. The summed E-state index contributed by atoms with van der Waals surface area (Å²) in [6.07, 6.45) is 0.761. The average molecular weight is 406 g/mol. The van der Waals surface area contributed by atoms with Crippen molar-refractivity contribution in [3.8, 4) is 11.5 Å². The van der Waals surface area contributed by atoms with Gasteiger partial charge in [0.05, 0.1) is 22.1 Å². The molecule has 0 radical (unpaired) electrons. The van der Waals surface area contributed by atoms with Crippen LogP contribution in [0.4, 0.5) is 0 Å². The quantitative estimate of drug-likeness (QED) is 0.375. The minimum Gasteiger partial charge on any atom is -0.506 e. The summed E-state index contributed by atoms with van der Waals surface area (Å²) in [6, 6.07) is 6.12. The van der Waals surface area contributed by atoms with E-state index in [-0.39, 0.29) is 50.6 Å². The Morgan fingerprint density at radius 3 is 2.33 bits per heavy atom. The fourth-order valence-electron chi connectivity index (χ4n) is 4.31. The van der Waals surface area contributed by atoms with Gasteiger partial charge < -0.3 is 25.3 Å². The van der Waals surface area contributed by atoms with E-state index in [1.54, 1.807) is 12.1 Å². The molecule has 3 aromatic rings. The second-order valence-electron chi connectivity index (χ2n) is 7.55. The molecule has 8 heteroatoms. The molecule has 1 aromatic heterocycles. The molecule has 1 aliphatic carbocycles. The summed E-state index contributed by atoms with van der Waals surface area (Å²) in [7, 11) is 0. The summed E-state index contributed by atoms with van der Waals surface area (Å²) in [5, 5.41) is 27.8. The molecule has 1 fully saturated rings. The predicted molar refractivity (Wildman–Crippen MR) is 106 cm³/mol. The minimum absolute atomic E-state index is 0.0339. The molecule has 0 unspecified atom stereocenters. The average Bonchev–Trinajstić information content (AvgIpc) is 3.36. The van der Waals surface area contributed by atoms with Crippen molar-refractivity contribution in [3.63, 3.8) is 0 Å². The van der Waals surface area contributed by atoms with Crippen LogP contribution in [0, 0.1) is 6.92 Å². The Kier molecular flexibility index (Phi) is 3.94. The third-order valence-electron chi connectivity index (χ3n) is 5.75. The highest BCUT2D eigenvalue weighted by Crippen LogP contribution is 2.47. The molecule has 30 heavy (non-hydrogen) atoms. The van der Waals surface area contributed by atoms with E-state index in [1.807, 2.05) is 0 Å². The van der Waals surface area contributed by atoms with Crippen LogP contribution in [0.15, 0.2) is 28.7 Å². The lowest BCUT2D eigenvalue weighted by Crippen LogP contribution is -2.36. The van der Waals surface area contributed by atoms with E-state index in [4.69, 9.17) is 4.42 Å². The molecule has 4 N–H and O–H groups in total. The second kappa shape index (κ2) is 6.43. The van der Waals surface area contributed by atoms with E-state index in [2.05, 4.69) is 10.6 Å². The van der Waals surface area contributed by atoms with Crippen LogP contribution < -0.4 is 10.6 Å². The van der Waals surface area contributed by atoms with Gasteiger partial charge in [-0.05, 0) is 19.9 Å². The number of phenolic OH excluding ortho intramolecular Hbond substituents is 2. The molecule has 8 nitrogen and oxygen atoms in total. The standard InChI is InChI=1S/C22H18N2O6/c1-9-13(22(29)24-10-6-7-23-8-10)16-19(27)14-15(20(28)21(16)30-9)18(26)12-5-3-2-4-11(12)17(14)25/h2-5,10,23,27-28H,6-8H2,1H3,(H,24,29)/t10-/m1/s1. The SMILES string of the molecule is Cc1oc2c(O)c3c(c(O)c2c1C(=O)N[C@@H]1CCNC1)C(=O)c1ccccc1C3=O. The number of amides is 1. The Bertz CT molecular complexity index is 1270. The van der Waals surface area contributed by atoms with Gasteiger partial charge in [-0.25, -0.2) is 0 Å². The van der Waals surface area contributed by atoms with Crippen molar-refractivity contribution in [2.24, 2.45) is 0 Å². The summed E-state index contributed by atoms with van der Waals surface area (Å²) < 4.78 is 5.58. The number of carbonyl (C=O) groups is 3. The highest BCUT2D eigenvalue weighted by Gasteiger charge is 2.39. The first kappa shape index (κ1) is 18.4. The number of furan rings is 1. The Labute approximate surface area is 170 Å². The van der Waals surface area contributed by atoms with Crippen molar-refractivity contribution in [1.29, 1.82) is 0 Å². The summed E-state index contributed by atoms with van der Waals surface area (Å²) in [4.78, 5) is 39.0. The van der Waals surface area contributed by atoms with Crippen LogP contribution in [-0.2, 0) is 0 Å². The first-order valence-electron chi connectivity index (χ1n) is 9.61. The fourth-order valence-corrected chi connectivity index (χ4v) is 4.31. The third kappa shape index (κ3) is 2.40. The number of nitrogens with one attached hydrogen (secondary N) is 2. The molecule has 1 saturated heterocycles. The van der Waals surface area contributed by atoms with Crippen molar-refractivity contribution >= 4 is 28.4 Å². The van der Waals surface area contributed by atoms with Gasteiger partial charge >= 0.3 is 0 Å². The molecule has 0 saturated carbocycles. The molecule has 152 valence electrons. The van der Waals surface area contributed by atoms with Crippen LogP contribution in [0.1, 0.15) is 54.4 Å². The number of aromatic hydroxyl groups is 2. The van der Waals surface area contributed by atoms with E-state index in [0.717, 1.165) is 13.0 Å². The monoisotopic (exact) mass is 406 g/mol. The van der Waals surface area contributed by atoms with Gasteiger partial charge in [0, 0.05) is 23.7 Å². The number of hydrogen-bond donors (Lipinski definition) is 4. The van der Waals surface area contributed by atoms with Crippen molar-refractivity contribution in [2.45, 2.75) is 19.4 Å². The summed E-state index contributed by atoms with van der Waals surface area (Å²) in [5.41, 5.74) is -0.526. The van der Waals surface area contributed by atoms with Crippen LogP contribution in [0.3, 0.4) is 0 Å². The second-order valence-corrected chi connectivity index (χ2v) is 7.55. The van der Waals surface area contributed by atoms with Crippen molar-refractivity contribution < 1.29 is 29.0 Å². The zero-order valence-electron chi connectivity index (χ0n) is 16.0. The number of hydrogen-bond acceptors (Lipinski definition) is 7. The molecule has 1 amide bonds. The highest BCUT2D eigenvalue weighted by molar-refractivity contribution is 6.33. The minimum atomic E-state index is -0.597. The smallest absolute Gasteiger partial charge is 0.255 e. The first-order chi connectivity index (χ1) is 14.4. The number of benzene rings is 2. The molecule has 5 rings (SSSR count). The zero-order valence-corrected chi connectivity index (χ0v) is 16.0. The molecule has 2 aromatic carbocycles. The molecule has 0 spiro atoms. The molecular formula is C22H18N2O6. The third-order valence-corrected chi connectivity index (χ3v) is 5.75. The number of ketones is 2. The first-order valence-corrected chi connectivity index (χ1v) is 9.61. The number of carbonyl (C=O) groups excluding carboxylic acids is 3. The largest absolute Gasteiger partial charge is 0.506 e. The lowest BCUT2D eigenvalue weighted by atomic mass is 9.82. The molecule has 2 heterocycles. The van der Waals surface area contributed by atoms with Crippen molar-refractivity contribution in [3.05, 3.63) is 57.8 Å². The highest BCUT2D eigenvalue weighted by atomic mass is 16.4. The van der Waals surface area contributed by atoms with Crippen LogP contribution in [0.25, 0.3) is 11.0 Å². The Morgan fingerprint density at radius 2 is 1.73 bits per heavy atom. The van der Waals surface area contributed by atoms with Gasteiger partial charge in [-0.3, -0.25) is 14.4 Å². The van der Waals surface area contributed by atoms with Crippen LogP contribution in [0.5, 0.6) is 11.5 Å². The maximum atomic E-state index is 13.1. The van der Waals surface area contributed by atoms with Gasteiger partial charge in [-0.1, -0.05) is 24.3 Å². The maximum absolute atomic E-state index is 13.1. The molecular weight excluding hydrogens is 388 g/mol. The zero-order chi connectivity index (χ0) is 21.2. The van der Waals surface area contributed by atoms with E-state index in [0.29, 0.717) is 6.54 Å². The molecule has 1 aliphatic heterocycles. The molecule has 2 aliphatic rings. The van der Waals surface area contributed by atoms with Crippen molar-refractivity contribution in [2.75, 3.05) is 13.1 Å². The number of phenols is 2. The number of fused-ring (bicyclic) bond motifs is 3. The molecule has 1 atom stereocenters. The fraction of sp³-hybridized carbons (Fsp3) is 0.227.